The molecule has 3 aliphatic heterocycles. The van der Waals surface area contributed by atoms with Crippen LogP contribution in [0.25, 0.3) is 0 Å². The van der Waals surface area contributed by atoms with E-state index in [1.54, 1.807) is 23.3 Å². The molecule has 4 heterocycles. The summed E-state index contributed by atoms with van der Waals surface area (Å²) < 4.78 is 137. The number of esters is 6. The van der Waals surface area contributed by atoms with Gasteiger partial charge in [-0.05, 0) is 0 Å². The Morgan fingerprint density at radius 1 is 0.446 bits per heavy atom. The van der Waals surface area contributed by atoms with Crippen LogP contribution in [0.15, 0.2) is 30.0 Å². The second-order valence-electron chi connectivity index (χ2n) is 26.0. The molecule has 0 unspecified atom stereocenters. The molecule has 3 saturated heterocycles. The Morgan fingerprint density at radius 2 is 0.741 bits per heavy atom. The van der Waals surface area contributed by atoms with Crippen LogP contribution in [0.3, 0.4) is 0 Å². The lowest BCUT2D eigenvalue weighted by Crippen LogP contribution is -2.62. The number of carbonyl (C=O) groups excluding carboxylic acids is 6. The van der Waals surface area contributed by atoms with Crippen molar-refractivity contribution in [2.24, 2.45) is 17.3 Å². The standard InChI is InChI=1S/C70H123N9O33/c1-52(83)107-61-7-13-104-68(43-80,64(61)110-55(4)86)49-98-34-31-95-28-25-92-22-19-89-16-10-74-37-58(71)40-101-46-67(77-73,47-102-41-59(72)38-75-11-17-90-20-23-93-26-29-96-32-35-99-50-69(44-81)65(111-56(5)87)62(8-14-105-69)108-53(2)84)48-103-42-60-39-79(78-76-60)12-18-91-21-24-94-27-30-97-33-36-100-51-70(45-82)66(112-57(6)88)63(9-15-106-70)109-54(3)85/h37-39,61-66,74-75,77,80-82H,7-36,40-51,71-73H2,1-6H3/b58-37-,59-38-/t61-,62-,63-,64-,65-,66-,68-,69-,70-/m1/s1. The number of nitrogens with zero attached hydrogens (tertiary/aromatic N) is 3. The zero-order chi connectivity index (χ0) is 81.6. The van der Waals surface area contributed by atoms with Gasteiger partial charge in [-0.15, -0.1) is 5.10 Å². The maximum absolute atomic E-state index is 11.9. The number of nitrogens with two attached hydrogens (primary N) is 3. The molecule has 0 saturated carbocycles. The summed E-state index contributed by atoms with van der Waals surface area (Å²) in [6.45, 7) is 12.9. The van der Waals surface area contributed by atoms with Gasteiger partial charge in [0.15, 0.2) is 35.1 Å². The van der Waals surface area contributed by atoms with Crippen molar-refractivity contribution in [1.29, 1.82) is 0 Å². The van der Waals surface area contributed by atoms with Gasteiger partial charge in [0.25, 0.3) is 0 Å². The van der Waals surface area contributed by atoms with E-state index in [2.05, 4.69) is 26.4 Å². The number of hydrazine groups is 1. The molecule has 42 nitrogen and oxygen atoms in total. The van der Waals surface area contributed by atoms with Crippen LogP contribution in [-0.2, 0) is 156 Å². The number of aliphatic hydroxyl groups excluding tert-OH is 3. The topological polar surface area (TPSA) is 529 Å². The minimum absolute atomic E-state index is 0.00529. The number of carbonyl (C=O) groups is 6. The molecular weight excluding hydrogens is 1490 g/mol. The van der Waals surface area contributed by atoms with Crippen molar-refractivity contribution in [3.05, 3.63) is 35.7 Å². The van der Waals surface area contributed by atoms with E-state index in [0.29, 0.717) is 116 Å². The SMILES string of the molecule is CC(=O)O[C@@H]1[C@H](OC(C)=O)CCO[C@]1(CO)COCCOCCOCCOCCN/C=C(\N)COCC(COC/C(N)=C/NCCOCCOCCOCCOC[C@@]1(CO)OCC[C@@H](OC(C)=O)[C@H]1OC(C)=O)(COCc1cn(CCOCCOCCOCCOC[C@@]2(CO)OCC[C@@H](OC(C)=O)[C@H]2OC(C)=O)nn1)NN. The number of hydrogen-bond acceptors (Lipinski definition) is 41. The predicted octanol–water partition coefficient (Wildman–Crippen LogP) is -3.95. The molecule has 0 radical (unpaired) electrons. The van der Waals surface area contributed by atoms with Gasteiger partial charge in [0, 0.05) is 86.3 Å². The average Bonchev–Trinajstić information content (AvgIpc) is 0.821. The lowest BCUT2D eigenvalue weighted by atomic mass is 9.89. The van der Waals surface area contributed by atoms with Crippen LogP contribution in [0.2, 0.25) is 0 Å². The molecule has 1 aromatic rings. The Morgan fingerprint density at radius 3 is 1.04 bits per heavy atom. The maximum Gasteiger partial charge on any atom is 0.303 e. The first-order valence-corrected chi connectivity index (χ1v) is 37.2. The molecule has 1 aromatic heterocycles. The van der Waals surface area contributed by atoms with Crippen molar-refractivity contribution < 1.29 is 158 Å². The molecule has 3 fully saturated rings. The van der Waals surface area contributed by atoms with Crippen LogP contribution in [0.5, 0.6) is 0 Å². The second kappa shape index (κ2) is 57.7. The molecule has 0 bridgehead atoms. The van der Waals surface area contributed by atoms with E-state index in [1.807, 2.05) is 0 Å². The summed E-state index contributed by atoms with van der Waals surface area (Å²) in [6, 6.07) is 0. The lowest BCUT2D eigenvalue weighted by molar-refractivity contribution is -0.247. The van der Waals surface area contributed by atoms with E-state index in [9.17, 15) is 44.1 Å². The third-order valence-corrected chi connectivity index (χ3v) is 16.6. The first-order valence-electron chi connectivity index (χ1n) is 37.2. The van der Waals surface area contributed by atoms with Crippen molar-refractivity contribution in [1.82, 2.24) is 31.1 Å². The largest absolute Gasteiger partial charge is 0.458 e. The molecule has 9 atom stereocenters. The first kappa shape index (κ1) is 98.1. The van der Waals surface area contributed by atoms with E-state index in [-0.39, 0.29) is 158 Å². The van der Waals surface area contributed by atoms with E-state index in [1.165, 1.54) is 41.5 Å². The number of aromatic nitrogens is 3. The third kappa shape index (κ3) is 39.8. The van der Waals surface area contributed by atoms with Gasteiger partial charge in [-0.2, -0.15) is 0 Å². The Balaban J connectivity index is 1.12. The van der Waals surface area contributed by atoms with Crippen molar-refractivity contribution in [3.8, 4) is 0 Å². The molecule has 12 N–H and O–H groups in total. The molecule has 112 heavy (non-hydrogen) atoms. The van der Waals surface area contributed by atoms with Gasteiger partial charge in [0.2, 0.25) is 0 Å². The molecule has 646 valence electrons. The molecule has 0 aromatic carbocycles. The Bertz CT molecular complexity index is 2710. The zero-order valence-corrected chi connectivity index (χ0v) is 65.6. The summed E-state index contributed by atoms with van der Waals surface area (Å²) in [5.41, 5.74) is 11.3. The average molecular weight is 1620 g/mol. The summed E-state index contributed by atoms with van der Waals surface area (Å²) >= 11 is 0. The van der Waals surface area contributed by atoms with E-state index in [4.69, 9.17) is 131 Å². The highest BCUT2D eigenvalue weighted by Gasteiger charge is 2.54. The number of nitrogens with one attached hydrogen (secondary N) is 3. The Hall–Kier alpha value is -6.28. The predicted molar refractivity (Wildman–Crippen MR) is 386 cm³/mol. The van der Waals surface area contributed by atoms with Crippen molar-refractivity contribution >= 4 is 35.8 Å². The van der Waals surface area contributed by atoms with Gasteiger partial charge in [0.05, 0.1) is 262 Å². The number of ether oxygens (including phenoxy) is 24. The normalized spacial score (nSPS) is 22.7. The van der Waals surface area contributed by atoms with E-state index in [0.717, 1.165) is 0 Å². The molecule has 0 spiro atoms. The fourth-order valence-corrected chi connectivity index (χ4v) is 11.3. The molecular formula is C70H123N9O33. The van der Waals surface area contributed by atoms with Crippen LogP contribution in [0.1, 0.15) is 66.5 Å². The van der Waals surface area contributed by atoms with Gasteiger partial charge in [-0.25, -0.2) is 10.1 Å². The summed E-state index contributed by atoms with van der Waals surface area (Å²) in [5, 5.41) is 45.3. The van der Waals surface area contributed by atoms with E-state index >= 15 is 0 Å². The van der Waals surface area contributed by atoms with Gasteiger partial charge in [-0.3, -0.25) is 34.6 Å². The highest BCUT2D eigenvalue weighted by molar-refractivity contribution is 5.69. The first-order chi connectivity index (χ1) is 54.1. The quantitative estimate of drug-likeness (QED) is 0.00988. The van der Waals surface area contributed by atoms with Gasteiger partial charge in [-0.1, -0.05) is 5.21 Å². The summed E-state index contributed by atoms with van der Waals surface area (Å²) in [5.74, 6) is 2.68. The summed E-state index contributed by atoms with van der Waals surface area (Å²) in [4.78, 5) is 70.6. The molecule has 4 rings (SSSR count). The molecule has 0 amide bonds. The minimum Gasteiger partial charge on any atom is -0.458 e. The Labute approximate surface area is 652 Å². The van der Waals surface area contributed by atoms with Crippen LogP contribution >= 0.6 is 0 Å². The van der Waals surface area contributed by atoms with Crippen molar-refractivity contribution in [3.63, 3.8) is 0 Å². The van der Waals surface area contributed by atoms with Gasteiger partial charge < -0.3 is 151 Å². The van der Waals surface area contributed by atoms with Gasteiger partial charge in [0.1, 0.15) is 29.5 Å². The fourth-order valence-electron chi connectivity index (χ4n) is 11.3. The molecule has 0 aliphatic carbocycles. The summed E-state index contributed by atoms with van der Waals surface area (Å²) in [6.07, 6.45) is 0.228. The van der Waals surface area contributed by atoms with Crippen molar-refractivity contribution in [2.45, 2.75) is 133 Å². The number of aliphatic hydroxyl groups is 3. The summed E-state index contributed by atoms with van der Waals surface area (Å²) in [7, 11) is 0. The monoisotopic (exact) mass is 1620 g/mol. The van der Waals surface area contributed by atoms with Crippen LogP contribution in [0, 0.1) is 0 Å². The molecule has 42 heteroatoms. The van der Waals surface area contributed by atoms with Crippen LogP contribution in [-0.4, -0.2) is 369 Å². The fraction of sp³-hybridized carbons (Fsp3) is 0.829. The second-order valence-corrected chi connectivity index (χ2v) is 26.0. The smallest absolute Gasteiger partial charge is 0.303 e. The highest BCUT2D eigenvalue weighted by atomic mass is 16.7. The van der Waals surface area contributed by atoms with Crippen molar-refractivity contribution in [2.75, 3.05) is 244 Å². The van der Waals surface area contributed by atoms with Crippen LogP contribution < -0.4 is 33.4 Å². The van der Waals surface area contributed by atoms with E-state index < -0.39 is 115 Å². The maximum atomic E-state index is 11.9. The van der Waals surface area contributed by atoms with Crippen LogP contribution in [0.4, 0.5) is 0 Å². The number of hydrogen-bond donors (Lipinski definition) is 9. The highest BCUT2D eigenvalue weighted by Crippen LogP contribution is 2.34. The Kier molecular flexibility index (Phi) is 50.5. The third-order valence-electron chi connectivity index (χ3n) is 16.6. The zero-order valence-electron chi connectivity index (χ0n) is 65.6. The molecule has 3 aliphatic rings. The minimum atomic E-state index is -1.42. The lowest BCUT2D eigenvalue weighted by Gasteiger charge is -2.44. The van der Waals surface area contributed by atoms with Gasteiger partial charge >= 0.3 is 35.8 Å². The number of rotatable bonds is 66.